The number of rotatable bonds is 5. The molecule has 26 heavy (non-hydrogen) atoms. The van der Waals surface area contributed by atoms with Gasteiger partial charge in [0.25, 0.3) is 0 Å². The van der Waals surface area contributed by atoms with E-state index < -0.39 is 0 Å². The Morgan fingerprint density at radius 2 is 1.54 bits per heavy atom. The molecule has 0 aliphatic heterocycles. The zero-order valence-corrected chi connectivity index (χ0v) is 15.9. The lowest BCUT2D eigenvalue weighted by molar-refractivity contribution is -0.168. The Balaban J connectivity index is 0.00000121. The second-order valence-corrected chi connectivity index (χ2v) is 9.39. The molecule has 4 fully saturated rings. The van der Waals surface area contributed by atoms with Crippen molar-refractivity contribution in [1.82, 2.24) is 0 Å². The quantitative estimate of drug-likeness (QED) is 0.498. The fourth-order valence-electron chi connectivity index (χ4n) is 7.50. The lowest BCUT2D eigenvalue weighted by atomic mass is 9.70. The first-order valence-corrected chi connectivity index (χ1v) is 10.8. The van der Waals surface area contributed by atoms with Gasteiger partial charge in [0, 0.05) is 0 Å². The summed E-state index contributed by atoms with van der Waals surface area (Å²) in [6, 6.07) is 0. The van der Waals surface area contributed by atoms with Crippen molar-refractivity contribution >= 4 is 5.97 Å². The van der Waals surface area contributed by atoms with E-state index in [1.165, 1.54) is 38.5 Å². The third kappa shape index (κ3) is 3.24. The van der Waals surface area contributed by atoms with Crippen molar-refractivity contribution in [3.8, 4) is 0 Å². The Hall–Kier alpha value is -0.530. The van der Waals surface area contributed by atoms with Gasteiger partial charge in [-0.1, -0.05) is 48.5 Å². The minimum Gasteiger partial charge on any atom is -0.459 e. The van der Waals surface area contributed by atoms with E-state index in [9.17, 15) is 4.79 Å². The molecule has 0 aromatic carbocycles. The molecule has 0 heterocycles. The minimum atomic E-state index is -0.107. The summed E-state index contributed by atoms with van der Waals surface area (Å²) in [4.78, 5) is 13.1. The maximum absolute atomic E-state index is 13.1. The predicted molar refractivity (Wildman–Crippen MR) is 110 cm³/mol. The summed E-state index contributed by atoms with van der Waals surface area (Å²) >= 11 is 0. The molecule has 4 saturated carbocycles. The first-order valence-electron chi connectivity index (χ1n) is 10.8. The Morgan fingerprint density at radius 1 is 0.923 bits per heavy atom. The van der Waals surface area contributed by atoms with Gasteiger partial charge < -0.3 is 4.74 Å². The van der Waals surface area contributed by atoms with Gasteiger partial charge in [-0.2, -0.15) is 0 Å². The minimum absolute atomic E-state index is 0. The summed E-state index contributed by atoms with van der Waals surface area (Å²) in [5.41, 5.74) is -0.107. The topological polar surface area (TPSA) is 26.3 Å². The van der Waals surface area contributed by atoms with Crippen molar-refractivity contribution in [2.24, 2.45) is 41.4 Å². The van der Waals surface area contributed by atoms with E-state index in [1.807, 2.05) is 0 Å². The number of hydrogen-bond donors (Lipinski definition) is 0. The van der Waals surface area contributed by atoms with E-state index >= 15 is 0 Å². The fraction of sp³-hybridized carbons (Fsp3) is 0.958. The van der Waals surface area contributed by atoms with Crippen LogP contribution in [0.4, 0.5) is 0 Å². The molecule has 4 aliphatic carbocycles. The zero-order valence-electron chi connectivity index (χ0n) is 15.9. The maximum Gasteiger partial charge on any atom is 0.309 e. The highest BCUT2D eigenvalue weighted by atomic mass is 16.6. The number of carbonyl (C=O) groups excluding carboxylic acids is 1. The van der Waals surface area contributed by atoms with Crippen LogP contribution >= 0.6 is 0 Å². The van der Waals surface area contributed by atoms with Crippen molar-refractivity contribution < 1.29 is 9.53 Å². The average molecular weight is 365 g/mol. The van der Waals surface area contributed by atoms with Crippen LogP contribution in [0.1, 0.15) is 99.8 Å². The fourth-order valence-corrected chi connectivity index (χ4v) is 7.50. The lowest BCUT2D eigenvalue weighted by Crippen LogP contribution is -2.39. The normalized spacial score (nSPS) is 42.0. The van der Waals surface area contributed by atoms with Crippen molar-refractivity contribution in [2.45, 2.75) is 105 Å². The van der Waals surface area contributed by atoms with Crippen molar-refractivity contribution in [1.29, 1.82) is 0 Å². The molecule has 7 unspecified atom stereocenters. The highest BCUT2D eigenvalue weighted by Gasteiger charge is 2.61. The Bertz CT molecular complexity index is 479. The molecule has 0 saturated heterocycles. The van der Waals surface area contributed by atoms with Crippen LogP contribution in [0.25, 0.3) is 0 Å². The third-order valence-electron chi connectivity index (χ3n) is 8.65. The third-order valence-corrected chi connectivity index (χ3v) is 8.65. The number of ether oxygens (including phenoxy) is 1. The monoisotopic (exact) mass is 364 g/mol. The summed E-state index contributed by atoms with van der Waals surface area (Å²) in [5.74, 6) is 5.44. The van der Waals surface area contributed by atoms with Gasteiger partial charge in [0.2, 0.25) is 0 Å². The standard InChI is InChI=1S/C22H36O2.2CH4/c1-4-14-11-15(5-2)20-17-12-16(19(14)20)13-18(17)21(23)24-22(6-3)9-7-8-10-22;;/h14-20H,4-13H2,1-3H3;2*1H4. The molecule has 0 aromatic heterocycles. The molecule has 0 aromatic rings. The van der Waals surface area contributed by atoms with Crippen molar-refractivity contribution in [3.63, 3.8) is 0 Å². The van der Waals surface area contributed by atoms with Gasteiger partial charge in [0.1, 0.15) is 5.60 Å². The summed E-state index contributed by atoms with van der Waals surface area (Å²) < 4.78 is 6.22. The van der Waals surface area contributed by atoms with E-state index in [0.717, 1.165) is 55.3 Å². The van der Waals surface area contributed by atoms with Gasteiger partial charge in [0.15, 0.2) is 0 Å². The van der Waals surface area contributed by atoms with Gasteiger partial charge >= 0.3 is 5.97 Å². The molecular formula is C24H44O2. The zero-order chi connectivity index (χ0) is 16.9. The molecule has 0 amide bonds. The molecule has 4 aliphatic rings. The van der Waals surface area contributed by atoms with Crippen LogP contribution < -0.4 is 0 Å². The van der Waals surface area contributed by atoms with Gasteiger partial charge in [-0.3, -0.25) is 4.79 Å². The molecule has 2 heteroatoms. The van der Waals surface area contributed by atoms with Crippen LogP contribution in [0.3, 0.4) is 0 Å². The molecule has 0 spiro atoms. The maximum atomic E-state index is 13.1. The van der Waals surface area contributed by atoms with Crippen LogP contribution in [0.15, 0.2) is 0 Å². The van der Waals surface area contributed by atoms with Gasteiger partial charge in [0.05, 0.1) is 5.92 Å². The highest BCUT2D eigenvalue weighted by Crippen LogP contribution is 2.65. The Kier molecular flexibility index (Phi) is 6.89. The van der Waals surface area contributed by atoms with Crippen molar-refractivity contribution in [3.05, 3.63) is 0 Å². The van der Waals surface area contributed by atoms with E-state index in [2.05, 4.69) is 20.8 Å². The van der Waals surface area contributed by atoms with E-state index in [-0.39, 0.29) is 32.3 Å². The lowest BCUT2D eigenvalue weighted by Gasteiger charge is -2.37. The van der Waals surface area contributed by atoms with Gasteiger partial charge in [-0.05, 0) is 86.9 Å². The number of fused-ring (bicyclic) bond motifs is 5. The molecule has 4 rings (SSSR count). The molecule has 152 valence electrons. The summed E-state index contributed by atoms with van der Waals surface area (Å²) in [6.45, 7) is 6.94. The Morgan fingerprint density at radius 3 is 2.12 bits per heavy atom. The van der Waals surface area contributed by atoms with Crippen LogP contribution in [-0.4, -0.2) is 11.6 Å². The van der Waals surface area contributed by atoms with Gasteiger partial charge in [-0.15, -0.1) is 0 Å². The number of esters is 1. The molecule has 2 bridgehead atoms. The number of hydrogen-bond acceptors (Lipinski definition) is 2. The van der Waals surface area contributed by atoms with E-state index in [0.29, 0.717) is 5.92 Å². The Labute approximate surface area is 162 Å². The second kappa shape index (κ2) is 8.23. The van der Waals surface area contributed by atoms with E-state index in [1.54, 1.807) is 0 Å². The largest absolute Gasteiger partial charge is 0.459 e. The average Bonchev–Trinajstić information content (AvgIpc) is 3.34. The smallest absolute Gasteiger partial charge is 0.309 e. The molecular weight excluding hydrogens is 320 g/mol. The van der Waals surface area contributed by atoms with Crippen LogP contribution in [-0.2, 0) is 9.53 Å². The molecule has 0 N–H and O–H groups in total. The number of carbonyl (C=O) groups is 1. The summed E-state index contributed by atoms with van der Waals surface area (Å²) in [5, 5.41) is 0. The summed E-state index contributed by atoms with van der Waals surface area (Å²) in [6.07, 6.45) is 12.2. The SMILES string of the molecule is C.C.CCC1CC(CC)C2C3CC(CC3C(=O)OC3(CC)CCCC3)C12. The highest BCUT2D eigenvalue weighted by molar-refractivity contribution is 5.74. The first-order chi connectivity index (χ1) is 11.6. The van der Waals surface area contributed by atoms with E-state index in [4.69, 9.17) is 4.74 Å². The van der Waals surface area contributed by atoms with Crippen molar-refractivity contribution in [2.75, 3.05) is 0 Å². The van der Waals surface area contributed by atoms with Gasteiger partial charge in [-0.25, -0.2) is 0 Å². The molecule has 7 atom stereocenters. The molecule has 0 radical (unpaired) electrons. The summed E-state index contributed by atoms with van der Waals surface area (Å²) in [7, 11) is 0. The van der Waals surface area contributed by atoms with Crippen LogP contribution in [0.5, 0.6) is 0 Å². The molecule has 2 nitrogen and oxygen atoms in total. The van der Waals surface area contributed by atoms with Crippen LogP contribution in [0, 0.1) is 41.4 Å². The predicted octanol–water partition coefficient (Wildman–Crippen LogP) is 6.87. The second-order valence-electron chi connectivity index (χ2n) is 9.39. The van der Waals surface area contributed by atoms with Crippen LogP contribution in [0.2, 0.25) is 0 Å². The first kappa shape index (κ1) is 21.8.